The van der Waals surface area contributed by atoms with Gasteiger partial charge in [0.05, 0.1) is 17.4 Å². The van der Waals surface area contributed by atoms with Gasteiger partial charge in [-0.1, -0.05) is 0 Å². The molecule has 0 aliphatic carbocycles. The Kier molecular flexibility index (Phi) is 4.93. The molecular formula is C17H24N6. The summed E-state index contributed by atoms with van der Waals surface area (Å²) in [7, 11) is 4.16. The molecule has 6 nitrogen and oxygen atoms in total. The summed E-state index contributed by atoms with van der Waals surface area (Å²) in [4.78, 5) is 22.4. The second-order valence-electron chi connectivity index (χ2n) is 6.39. The zero-order valence-electron chi connectivity index (χ0n) is 14.1. The molecule has 0 saturated carbocycles. The van der Waals surface area contributed by atoms with E-state index in [4.69, 9.17) is 4.98 Å². The highest BCUT2D eigenvalue weighted by atomic mass is 15.2. The average molecular weight is 312 g/mol. The van der Waals surface area contributed by atoms with Gasteiger partial charge >= 0.3 is 0 Å². The molecule has 1 aliphatic heterocycles. The van der Waals surface area contributed by atoms with Gasteiger partial charge < -0.3 is 4.90 Å². The van der Waals surface area contributed by atoms with Crippen molar-refractivity contribution in [1.29, 1.82) is 0 Å². The van der Waals surface area contributed by atoms with Crippen LogP contribution in [0.5, 0.6) is 0 Å². The third-order valence-corrected chi connectivity index (χ3v) is 4.17. The molecule has 3 rings (SSSR count). The first-order valence-corrected chi connectivity index (χ1v) is 8.09. The molecule has 0 unspecified atom stereocenters. The maximum Gasteiger partial charge on any atom is 0.125 e. The molecule has 0 aromatic carbocycles. The molecule has 0 radical (unpaired) electrons. The minimum atomic E-state index is 0.341. The third-order valence-electron chi connectivity index (χ3n) is 4.17. The summed E-state index contributed by atoms with van der Waals surface area (Å²) >= 11 is 0. The Balaban J connectivity index is 1.86. The summed E-state index contributed by atoms with van der Waals surface area (Å²) in [5.41, 5.74) is 3.41. The molecule has 2 aromatic rings. The number of hydrogen-bond donors (Lipinski definition) is 0. The van der Waals surface area contributed by atoms with Crippen molar-refractivity contribution in [3.63, 3.8) is 0 Å². The van der Waals surface area contributed by atoms with Gasteiger partial charge in [-0.2, -0.15) is 0 Å². The lowest BCUT2D eigenvalue weighted by molar-refractivity contribution is 0.238. The molecule has 23 heavy (non-hydrogen) atoms. The zero-order chi connectivity index (χ0) is 16.2. The number of likely N-dealkylation sites (tertiary alicyclic amines) is 1. The van der Waals surface area contributed by atoms with Crippen molar-refractivity contribution < 1.29 is 0 Å². The lowest BCUT2D eigenvalue weighted by Crippen LogP contribution is -2.26. The Morgan fingerprint density at radius 1 is 1.22 bits per heavy atom. The number of hydrogen-bond acceptors (Lipinski definition) is 6. The van der Waals surface area contributed by atoms with Gasteiger partial charge in [-0.3, -0.25) is 14.9 Å². The molecule has 1 fully saturated rings. The molecule has 122 valence electrons. The summed E-state index contributed by atoms with van der Waals surface area (Å²) in [5.74, 6) is 0.842. The van der Waals surface area contributed by atoms with E-state index in [2.05, 4.69) is 38.8 Å². The van der Waals surface area contributed by atoms with Crippen molar-refractivity contribution in [2.45, 2.75) is 38.9 Å². The highest BCUT2D eigenvalue weighted by Gasteiger charge is 2.29. The molecule has 6 heteroatoms. The van der Waals surface area contributed by atoms with Crippen LogP contribution in [-0.2, 0) is 13.1 Å². The fraction of sp³-hybridized carbons (Fsp3) is 0.529. The summed E-state index contributed by atoms with van der Waals surface area (Å²) in [5, 5.41) is 0. The van der Waals surface area contributed by atoms with E-state index in [0.29, 0.717) is 6.04 Å². The fourth-order valence-corrected chi connectivity index (χ4v) is 3.21. The smallest absolute Gasteiger partial charge is 0.125 e. The topological polar surface area (TPSA) is 58.0 Å². The molecule has 3 heterocycles. The number of rotatable bonds is 5. The summed E-state index contributed by atoms with van der Waals surface area (Å²) in [6.45, 7) is 4.73. The van der Waals surface area contributed by atoms with E-state index in [1.165, 1.54) is 17.7 Å². The van der Waals surface area contributed by atoms with Crippen LogP contribution in [0, 0.1) is 6.92 Å². The van der Waals surface area contributed by atoms with E-state index in [-0.39, 0.29) is 0 Å². The van der Waals surface area contributed by atoms with Crippen molar-refractivity contribution in [3.05, 3.63) is 47.6 Å². The van der Waals surface area contributed by atoms with E-state index < -0.39 is 0 Å². The van der Waals surface area contributed by atoms with E-state index >= 15 is 0 Å². The van der Waals surface area contributed by atoms with E-state index in [1.54, 1.807) is 12.4 Å². The fourth-order valence-electron chi connectivity index (χ4n) is 3.21. The van der Waals surface area contributed by atoms with Gasteiger partial charge in [-0.05, 0) is 40.4 Å². The van der Waals surface area contributed by atoms with Gasteiger partial charge in [0.2, 0.25) is 0 Å². The lowest BCUT2D eigenvalue weighted by Gasteiger charge is -2.26. The van der Waals surface area contributed by atoms with Crippen LogP contribution in [-0.4, -0.2) is 50.4 Å². The minimum Gasteiger partial charge on any atom is -0.305 e. The van der Waals surface area contributed by atoms with Crippen LogP contribution in [0.1, 0.15) is 41.7 Å². The van der Waals surface area contributed by atoms with Crippen LogP contribution in [0.25, 0.3) is 0 Å². The molecule has 1 aliphatic rings. The monoisotopic (exact) mass is 312 g/mol. The molecule has 1 saturated heterocycles. The molecule has 0 N–H and O–H groups in total. The molecular weight excluding hydrogens is 288 g/mol. The minimum absolute atomic E-state index is 0.341. The Morgan fingerprint density at radius 3 is 2.83 bits per heavy atom. The van der Waals surface area contributed by atoms with Gasteiger partial charge in [-0.25, -0.2) is 9.97 Å². The van der Waals surface area contributed by atoms with Gasteiger partial charge in [-0.15, -0.1) is 0 Å². The van der Waals surface area contributed by atoms with Crippen molar-refractivity contribution in [2.75, 3.05) is 20.6 Å². The Morgan fingerprint density at radius 2 is 2.09 bits per heavy atom. The summed E-state index contributed by atoms with van der Waals surface area (Å²) < 4.78 is 0. The highest BCUT2D eigenvalue weighted by molar-refractivity contribution is 5.22. The number of aryl methyl sites for hydroxylation is 1. The zero-order valence-corrected chi connectivity index (χ0v) is 14.1. The predicted molar refractivity (Wildman–Crippen MR) is 88.6 cm³/mol. The molecule has 2 aromatic heterocycles. The van der Waals surface area contributed by atoms with E-state index in [9.17, 15) is 0 Å². The normalized spacial score (nSPS) is 18.7. The van der Waals surface area contributed by atoms with Crippen LogP contribution in [0.4, 0.5) is 0 Å². The standard InChI is InChI=1S/C17H24N6/c1-13-20-9-14(11-22(2)3)17(21-13)16-5-4-8-23(16)12-15-10-18-6-7-19-15/h6-7,9-10,16H,4-5,8,11-12H2,1-3H3/t16-/m1/s1. The Labute approximate surface area is 137 Å². The molecule has 0 spiro atoms. The van der Waals surface area contributed by atoms with Crippen LogP contribution >= 0.6 is 0 Å². The number of aromatic nitrogens is 4. The quantitative estimate of drug-likeness (QED) is 0.841. The van der Waals surface area contributed by atoms with E-state index in [1.807, 2.05) is 19.3 Å². The van der Waals surface area contributed by atoms with Gasteiger partial charge in [0.1, 0.15) is 5.82 Å². The summed E-state index contributed by atoms with van der Waals surface area (Å²) in [6.07, 6.45) is 9.63. The lowest BCUT2D eigenvalue weighted by atomic mass is 10.1. The van der Waals surface area contributed by atoms with Crippen LogP contribution in [0.2, 0.25) is 0 Å². The largest absolute Gasteiger partial charge is 0.305 e. The third kappa shape index (κ3) is 3.89. The highest BCUT2D eigenvalue weighted by Crippen LogP contribution is 2.33. The van der Waals surface area contributed by atoms with Crippen molar-refractivity contribution in [1.82, 2.24) is 29.7 Å². The van der Waals surface area contributed by atoms with Crippen LogP contribution in [0.15, 0.2) is 24.8 Å². The van der Waals surface area contributed by atoms with Gasteiger partial charge in [0.15, 0.2) is 0 Å². The van der Waals surface area contributed by atoms with E-state index in [0.717, 1.165) is 37.6 Å². The van der Waals surface area contributed by atoms with Crippen LogP contribution < -0.4 is 0 Å². The Hall–Kier alpha value is -1.92. The maximum absolute atomic E-state index is 4.78. The average Bonchev–Trinajstić information content (AvgIpc) is 2.97. The predicted octanol–water partition coefficient (Wildman–Crippen LogP) is 1.97. The first kappa shape index (κ1) is 16.0. The molecule has 1 atom stereocenters. The van der Waals surface area contributed by atoms with Gasteiger partial charge in [0, 0.05) is 43.4 Å². The van der Waals surface area contributed by atoms with Crippen molar-refractivity contribution in [3.8, 4) is 0 Å². The maximum atomic E-state index is 4.78. The van der Waals surface area contributed by atoms with Crippen LogP contribution in [0.3, 0.4) is 0 Å². The van der Waals surface area contributed by atoms with Crippen molar-refractivity contribution >= 4 is 0 Å². The second kappa shape index (κ2) is 7.10. The molecule has 0 amide bonds. The first-order chi connectivity index (χ1) is 11.1. The van der Waals surface area contributed by atoms with Gasteiger partial charge in [0.25, 0.3) is 0 Å². The number of nitrogens with zero attached hydrogens (tertiary/aromatic N) is 6. The SMILES string of the molecule is Cc1ncc(CN(C)C)c([C@H]2CCCN2Cc2cnccn2)n1. The first-order valence-electron chi connectivity index (χ1n) is 8.09. The second-order valence-corrected chi connectivity index (χ2v) is 6.39. The molecule has 0 bridgehead atoms. The summed E-state index contributed by atoms with van der Waals surface area (Å²) in [6, 6.07) is 0.341. The Bertz CT molecular complexity index is 643. The van der Waals surface area contributed by atoms with Crippen molar-refractivity contribution in [2.24, 2.45) is 0 Å².